The monoisotopic (exact) mass is 396 g/mol. The molecule has 150 valence electrons. The molecule has 0 saturated carbocycles. The molecule has 3 heterocycles. The van der Waals surface area contributed by atoms with Crippen molar-refractivity contribution in [1.29, 1.82) is 0 Å². The second kappa shape index (κ2) is 6.84. The van der Waals surface area contributed by atoms with Crippen molar-refractivity contribution in [2.45, 2.75) is 25.6 Å². The molecule has 1 aromatic carbocycles. The van der Waals surface area contributed by atoms with Crippen LogP contribution in [-0.4, -0.2) is 67.0 Å². The fraction of sp³-hybridized carbons (Fsp3) is 0.500. The number of halogens is 4. The molecule has 0 N–H and O–H groups in total. The average molecular weight is 396 g/mol. The van der Waals surface area contributed by atoms with Gasteiger partial charge in [-0.2, -0.15) is 18.3 Å². The number of amidine groups is 2. The smallest absolute Gasteiger partial charge is 0.351 e. The highest BCUT2D eigenvalue weighted by Gasteiger charge is 2.39. The first-order chi connectivity index (χ1) is 13.2. The van der Waals surface area contributed by atoms with E-state index < -0.39 is 17.6 Å². The lowest BCUT2D eigenvalue weighted by Crippen LogP contribution is -2.52. The number of benzene rings is 1. The molecule has 10 heteroatoms. The summed E-state index contributed by atoms with van der Waals surface area (Å²) < 4.78 is 53.8. The number of aliphatic imine (C=N–C) groups is 2. The molecule has 28 heavy (non-hydrogen) atoms. The molecule has 1 saturated heterocycles. The Morgan fingerprint density at radius 1 is 1.07 bits per heavy atom. The van der Waals surface area contributed by atoms with Crippen molar-refractivity contribution in [1.82, 2.24) is 9.80 Å². The zero-order valence-electron chi connectivity index (χ0n) is 15.5. The van der Waals surface area contributed by atoms with Gasteiger partial charge in [0.2, 0.25) is 0 Å². The number of likely N-dealkylation sites (N-methyl/N-ethyl adjacent to an activating group) is 1. The lowest BCUT2D eigenvalue weighted by Gasteiger charge is -2.38. The first-order valence-electron chi connectivity index (χ1n) is 9.07. The highest BCUT2D eigenvalue weighted by molar-refractivity contribution is 6.47. The Morgan fingerprint density at radius 3 is 2.46 bits per heavy atom. The van der Waals surface area contributed by atoms with Crippen molar-refractivity contribution in [2.75, 3.05) is 38.2 Å². The van der Waals surface area contributed by atoms with Crippen molar-refractivity contribution in [3.05, 3.63) is 23.5 Å². The molecule has 3 aliphatic heterocycles. The quantitative estimate of drug-likeness (QED) is 0.633. The second-order valence-corrected chi connectivity index (χ2v) is 7.19. The van der Waals surface area contributed by atoms with E-state index in [2.05, 4.69) is 20.0 Å². The predicted octanol–water partition coefficient (Wildman–Crippen LogP) is 3.12. The van der Waals surface area contributed by atoms with E-state index in [1.54, 1.807) is 6.21 Å². The Hall–Kier alpha value is -2.49. The van der Waals surface area contributed by atoms with Crippen LogP contribution in [0.4, 0.5) is 28.9 Å². The predicted molar refractivity (Wildman–Crippen MR) is 100 cm³/mol. The fourth-order valence-electron chi connectivity index (χ4n) is 3.40. The van der Waals surface area contributed by atoms with Gasteiger partial charge in [0.25, 0.3) is 0 Å². The van der Waals surface area contributed by atoms with Crippen molar-refractivity contribution in [3.63, 3.8) is 0 Å². The Balaban J connectivity index is 1.86. The molecule has 6 nitrogen and oxygen atoms in total. The minimum absolute atomic E-state index is 0.0794. The SMILES string of the molecule is CC1CC=NN2C(=N1)C(N1CCN(C)CC1)=Nc1cc(F)c(C(F)(F)F)cc12. The van der Waals surface area contributed by atoms with Crippen LogP contribution in [0.1, 0.15) is 18.9 Å². The van der Waals surface area contributed by atoms with Gasteiger partial charge in [-0.3, -0.25) is 4.99 Å². The first-order valence-corrected chi connectivity index (χ1v) is 9.07. The number of nitrogens with zero attached hydrogens (tertiary/aromatic N) is 6. The second-order valence-electron chi connectivity index (χ2n) is 7.19. The van der Waals surface area contributed by atoms with Crippen molar-refractivity contribution >= 4 is 29.3 Å². The van der Waals surface area contributed by atoms with Crippen LogP contribution >= 0.6 is 0 Å². The highest BCUT2D eigenvalue weighted by Crippen LogP contribution is 2.41. The van der Waals surface area contributed by atoms with Gasteiger partial charge in [-0.1, -0.05) is 0 Å². The van der Waals surface area contributed by atoms with Crippen LogP contribution < -0.4 is 5.01 Å². The van der Waals surface area contributed by atoms with Crippen LogP contribution in [0.3, 0.4) is 0 Å². The van der Waals surface area contributed by atoms with E-state index >= 15 is 0 Å². The van der Waals surface area contributed by atoms with Gasteiger partial charge in [-0.15, -0.1) is 0 Å². The Morgan fingerprint density at radius 2 is 1.79 bits per heavy atom. The van der Waals surface area contributed by atoms with Crippen molar-refractivity contribution in [3.8, 4) is 0 Å². The van der Waals surface area contributed by atoms with E-state index in [0.29, 0.717) is 31.2 Å². The first kappa shape index (κ1) is 18.9. The average Bonchev–Trinajstić information content (AvgIpc) is 2.81. The summed E-state index contributed by atoms with van der Waals surface area (Å²) in [6, 6.07) is 1.50. The summed E-state index contributed by atoms with van der Waals surface area (Å²) in [5, 5.41) is 5.67. The number of alkyl halides is 3. The van der Waals surface area contributed by atoms with E-state index in [-0.39, 0.29) is 17.4 Å². The van der Waals surface area contributed by atoms with Gasteiger partial charge in [0.05, 0.1) is 23.0 Å². The normalized spacial score (nSPS) is 23.0. The van der Waals surface area contributed by atoms with Crippen LogP contribution in [0.2, 0.25) is 0 Å². The van der Waals surface area contributed by atoms with Crippen LogP contribution in [0.5, 0.6) is 0 Å². The molecule has 0 aromatic heterocycles. The minimum Gasteiger partial charge on any atom is -0.351 e. The molecule has 0 spiro atoms. The summed E-state index contributed by atoms with van der Waals surface area (Å²) in [7, 11) is 2.02. The maximum atomic E-state index is 14.2. The standard InChI is InChI=1S/C18H20F4N6/c1-11-3-4-23-28-15-9-12(18(20,21)22)13(19)10-14(15)25-16(17(28)24-11)27-7-5-26(2)6-8-27/h4,9-11H,3,5-8H2,1-2H3. The zero-order chi connectivity index (χ0) is 20.1. The van der Waals surface area contributed by atoms with Crippen LogP contribution in [0.15, 0.2) is 27.2 Å². The third-order valence-electron chi connectivity index (χ3n) is 5.01. The summed E-state index contributed by atoms with van der Waals surface area (Å²) in [6.45, 7) is 4.93. The molecule has 0 amide bonds. The van der Waals surface area contributed by atoms with E-state index in [4.69, 9.17) is 0 Å². The number of anilines is 1. The Bertz CT molecular complexity index is 868. The Labute approximate surface area is 159 Å². The van der Waals surface area contributed by atoms with Crippen LogP contribution in [-0.2, 0) is 6.18 Å². The largest absolute Gasteiger partial charge is 0.419 e. The van der Waals surface area contributed by atoms with Gasteiger partial charge in [-0.05, 0) is 20.0 Å². The van der Waals surface area contributed by atoms with Gasteiger partial charge in [-0.25, -0.2) is 14.4 Å². The van der Waals surface area contributed by atoms with Crippen LogP contribution in [0.25, 0.3) is 0 Å². The summed E-state index contributed by atoms with van der Waals surface area (Å²) >= 11 is 0. The molecule has 4 rings (SSSR count). The number of piperazine rings is 1. The van der Waals surface area contributed by atoms with Gasteiger partial charge < -0.3 is 9.80 Å². The number of hydrogen-bond acceptors (Lipinski definition) is 6. The summed E-state index contributed by atoms with van der Waals surface area (Å²) in [5.74, 6) is -0.427. The van der Waals surface area contributed by atoms with Gasteiger partial charge in [0.1, 0.15) is 5.82 Å². The minimum atomic E-state index is -4.80. The molecule has 1 fully saturated rings. The molecule has 0 radical (unpaired) electrons. The molecular formula is C18H20F4N6. The van der Waals surface area contributed by atoms with E-state index in [1.165, 1.54) is 5.01 Å². The number of hydrogen-bond donors (Lipinski definition) is 0. The van der Waals surface area contributed by atoms with Gasteiger partial charge in [0.15, 0.2) is 11.7 Å². The summed E-state index contributed by atoms with van der Waals surface area (Å²) in [6.07, 6.45) is -2.63. The maximum Gasteiger partial charge on any atom is 0.419 e. The molecular weight excluding hydrogens is 376 g/mol. The number of fused-ring (bicyclic) bond motifs is 3. The summed E-state index contributed by atoms with van der Waals surface area (Å²) in [4.78, 5) is 13.4. The lowest BCUT2D eigenvalue weighted by atomic mass is 10.1. The number of hydrazone groups is 1. The lowest BCUT2D eigenvalue weighted by molar-refractivity contribution is -0.139. The number of rotatable bonds is 0. The molecule has 1 atom stereocenters. The maximum absolute atomic E-state index is 14.2. The molecule has 1 aromatic rings. The molecule has 0 aliphatic carbocycles. The van der Waals surface area contributed by atoms with Crippen molar-refractivity contribution < 1.29 is 17.6 Å². The topological polar surface area (TPSA) is 46.8 Å². The summed E-state index contributed by atoms with van der Waals surface area (Å²) in [5.41, 5.74) is -1.14. The molecule has 0 bridgehead atoms. The third-order valence-corrected chi connectivity index (χ3v) is 5.01. The van der Waals surface area contributed by atoms with Gasteiger partial charge >= 0.3 is 6.18 Å². The third kappa shape index (κ3) is 3.36. The van der Waals surface area contributed by atoms with Crippen LogP contribution in [0, 0.1) is 5.82 Å². The zero-order valence-corrected chi connectivity index (χ0v) is 15.5. The molecule has 1 unspecified atom stereocenters. The fourth-order valence-corrected chi connectivity index (χ4v) is 3.40. The van der Waals surface area contributed by atoms with Gasteiger partial charge in [0, 0.05) is 44.9 Å². The van der Waals surface area contributed by atoms with E-state index in [9.17, 15) is 17.6 Å². The van der Waals surface area contributed by atoms with Crippen molar-refractivity contribution in [2.24, 2.45) is 15.1 Å². The van der Waals surface area contributed by atoms with E-state index in [1.807, 2.05) is 18.9 Å². The Kier molecular flexibility index (Phi) is 4.60. The van der Waals surface area contributed by atoms with E-state index in [0.717, 1.165) is 25.2 Å². The highest BCUT2D eigenvalue weighted by atomic mass is 19.4. The molecule has 3 aliphatic rings.